The highest BCUT2D eigenvalue weighted by atomic mass is 14.5. The molecule has 3 fully saturated rings. The van der Waals surface area contributed by atoms with Crippen LogP contribution in [0.15, 0.2) is 0 Å². The van der Waals surface area contributed by atoms with Crippen molar-refractivity contribution in [1.82, 2.24) is 0 Å². The van der Waals surface area contributed by atoms with Crippen molar-refractivity contribution in [3.8, 4) is 0 Å². The Morgan fingerprint density at radius 1 is 0.895 bits per heavy atom. The lowest BCUT2D eigenvalue weighted by atomic mass is 9.71. The molecule has 0 bridgehead atoms. The standard InChI is InChI=1S/C19H34/c1-14(16-8-4-3-5-9-16)13-19-15(2)12-17-10-6-7-11-18(17)19/h14-19H,3-13H2,1-2H3. The highest BCUT2D eigenvalue weighted by Gasteiger charge is 2.42. The van der Waals surface area contributed by atoms with E-state index in [0.29, 0.717) is 0 Å². The zero-order valence-corrected chi connectivity index (χ0v) is 13.2. The van der Waals surface area contributed by atoms with Gasteiger partial charge >= 0.3 is 0 Å². The lowest BCUT2D eigenvalue weighted by molar-refractivity contribution is 0.158. The van der Waals surface area contributed by atoms with Crippen molar-refractivity contribution in [2.75, 3.05) is 0 Å². The fraction of sp³-hybridized carbons (Fsp3) is 1.00. The predicted octanol–water partition coefficient (Wildman–Crippen LogP) is 6.06. The smallest absolute Gasteiger partial charge is 0.0355 e. The van der Waals surface area contributed by atoms with Crippen molar-refractivity contribution < 1.29 is 0 Å². The number of rotatable bonds is 3. The average Bonchev–Trinajstić information content (AvgIpc) is 2.76. The molecule has 3 aliphatic carbocycles. The molecule has 5 unspecified atom stereocenters. The molecule has 0 aliphatic heterocycles. The van der Waals surface area contributed by atoms with Gasteiger partial charge in [0, 0.05) is 0 Å². The molecular formula is C19H34. The molecule has 0 radical (unpaired) electrons. The van der Waals surface area contributed by atoms with Crippen LogP contribution in [0.4, 0.5) is 0 Å². The molecule has 0 nitrogen and oxygen atoms in total. The van der Waals surface area contributed by atoms with Gasteiger partial charge in [0.05, 0.1) is 0 Å². The van der Waals surface area contributed by atoms with E-state index < -0.39 is 0 Å². The molecule has 3 rings (SSSR count). The second-order valence-electron chi connectivity index (χ2n) is 8.20. The minimum Gasteiger partial charge on any atom is -0.0622 e. The van der Waals surface area contributed by atoms with Gasteiger partial charge in [0.25, 0.3) is 0 Å². The van der Waals surface area contributed by atoms with Crippen LogP contribution in [0.5, 0.6) is 0 Å². The van der Waals surface area contributed by atoms with Crippen molar-refractivity contribution in [2.45, 2.75) is 84.5 Å². The Morgan fingerprint density at radius 2 is 1.58 bits per heavy atom. The van der Waals surface area contributed by atoms with E-state index in [9.17, 15) is 0 Å². The van der Waals surface area contributed by atoms with E-state index in [1.807, 2.05) is 0 Å². The zero-order valence-electron chi connectivity index (χ0n) is 13.2. The Morgan fingerprint density at radius 3 is 2.37 bits per heavy atom. The van der Waals surface area contributed by atoms with Crippen LogP contribution in [0.2, 0.25) is 0 Å². The molecule has 0 heterocycles. The topological polar surface area (TPSA) is 0 Å². The Labute approximate surface area is 120 Å². The summed E-state index contributed by atoms with van der Waals surface area (Å²) in [6.07, 6.45) is 16.9. The molecule has 0 amide bonds. The van der Waals surface area contributed by atoms with Crippen molar-refractivity contribution in [1.29, 1.82) is 0 Å². The average molecular weight is 262 g/mol. The summed E-state index contributed by atoms with van der Waals surface area (Å²) in [5, 5.41) is 0. The molecular weight excluding hydrogens is 228 g/mol. The summed E-state index contributed by atoms with van der Waals surface area (Å²) in [4.78, 5) is 0. The maximum atomic E-state index is 2.58. The summed E-state index contributed by atoms with van der Waals surface area (Å²) in [6, 6.07) is 0. The van der Waals surface area contributed by atoms with E-state index in [2.05, 4.69) is 13.8 Å². The maximum Gasteiger partial charge on any atom is -0.0355 e. The summed E-state index contributed by atoms with van der Waals surface area (Å²) in [5.74, 6) is 6.43. The van der Waals surface area contributed by atoms with Gasteiger partial charge in [-0.05, 0) is 54.8 Å². The van der Waals surface area contributed by atoms with Crippen LogP contribution in [0.25, 0.3) is 0 Å². The Balaban J connectivity index is 1.58. The Hall–Kier alpha value is 0. The van der Waals surface area contributed by atoms with Crippen molar-refractivity contribution >= 4 is 0 Å². The Kier molecular flexibility index (Phi) is 4.54. The van der Waals surface area contributed by atoms with Gasteiger partial charge in [-0.25, -0.2) is 0 Å². The predicted molar refractivity (Wildman–Crippen MR) is 83.1 cm³/mol. The minimum atomic E-state index is 1.01. The molecule has 0 N–H and O–H groups in total. The molecule has 0 heteroatoms. The first-order valence-electron chi connectivity index (χ1n) is 9.25. The quantitative estimate of drug-likeness (QED) is 0.580. The second kappa shape index (κ2) is 6.19. The number of hydrogen-bond donors (Lipinski definition) is 0. The molecule has 19 heavy (non-hydrogen) atoms. The summed E-state index contributed by atoms with van der Waals surface area (Å²) in [5.41, 5.74) is 0. The van der Waals surface area contributed by atoms with Gasteiger partial charge in [0.1, 0.15) is 0 Å². The van der Waals surface area contributed by atoms with Crippen LogP contribution in [0.1, 0.15) is 84.5 Å². The van der Waals surface area contributed by atoms with E-state index in [-0.39, 0.29) is 0 Å². The van der Waals surface area contributed by atoms with Gasteiger partial charge in [-0.3, -0.25) is 0 Å². The third kappa shape index (κ3) is 3.03. The van der Waals surface area contributed by atoms with Gasteiger partial charge in [-0.15, -0.1) is 0 Å². The lowest BCUT2D eigenvalue weighted by Crippen LogP contribution is -2.25. The molecule has 0 aromatic rings. The summed E-state index contributed by atoms with van der Waals surface area (Å²) in [6.45, 7) is 5.15. The van der Waals surface area contributed by atoms with Crippen LogP contribution >= 0.6 is 0 Å². The highest BCUT2D eigenvalue weighted by Crippen LogP contribution is 2.51. The second-order valence-corrected chi connectivity index (χ2v) is 8.20. The summed E-state index contributed by atoms with van der Waals surface area (Å²) < 4.78 is 0. The lowest BCUT2D eigenvalue weighted by Gasteiger charge is -2.34. The number of fused-ring (bicyclic) bond motifs is 1. The largest absolute Gasteiger partial charge is 0.0622 e. The van der Waals surface area contributed by atoms with E-state index in [0.717, 1.165) is 35.5 Å². The molecule has 3 saturated carbocycles. The third-order valence-electron chi connectivity index (χ3n) is 7.02. The maximum absolute atomic E-state index is 2.58. The fourth-order valence-electron chi connectivity index (χ4n) is 5.90. The molecule has 3 aliphatic rings. The first kappa shape index (κ1) is 14.0. The van der Waals surface area contributed by atoms with Gasteiger partial charge in [0.2, 0.25) is 0 Å². The van der Waals surface area contributed by atoms with Crippen molar-refractivity contribution in [3.05, 3.63) is 0 Å². The van der Waals surface area contributed by atoms with E-state index >= 15 is 0 Å². The van der Waals surface area contributed by atoms with E-state index in [4.69, 9.17) is 0 Å². The van der Waals surface area contributed by atoms with E-state index in [1.165, 1.54) is 44.9 Å². The highest BCUT2D eigenvalue weighted by molar-refractivity contribution is 4.92. The van der Waals surface area contributed by atoms with Gasteiger partial charge in [-0.2, -0.15) is 0 Å². The van der Waals surface area contributed by atoms with Crippen LogP contribution in [0, 0.1) is 35.5 Å². The molecule has 5 atom stereocenters. The number of hydrogen-bond acceptors (Lipinski definition) is 0. The molecule has 0 aromatic heterocycles. The van der Waals surface area contributed by atoms with Gasteiger partial charge in [-0.1, -0.05) is 65.2 Å². The first-order valence-corrected chi connectivity index (χ1v) is 9.25. The first-order chi connectivity index (χ1) is 9.25. The van der Waals surface area contributed by atoms with Crippen LogP contribution in [-0.2, 0) is 0 Å². The SMILES string of the molecule is CC(CC1C(C)CC2CCCCC21)C1CCCCC1. The monoisotopic (exact) mass is 262 g/mol. The summed E-state index contributed by atoms with van der Waals surface area (Å²) in [7, 11) is 0. The molecule has 110 valence electrons. The Bertz CT molecular complexity index is 276. The van der Waals surface area contributed by atoms with Gasteiger partial charge < -0.3 is 0 Å². The van der Waals surface area contributed by atoms with Gasteiger partial charge in [0.15, 0.2) is 0 Å². The normalized spacial score (nSPS) is 42.0. The van der Waals surface area contributed by atoms with Crippen LogP contribution in [0.3, 0.4) is 0 Å². The minimum absolute atomic E-state index is 1.01. The van der Waals surface area contributed by atoms with Crippen LogP contribution < -0.4 is 0 Å². The summed E-state index contributed by atoms with van der Waals surface area (Å²) >= 11 is 0. The van der Waals surface area contributed by atoms with Crippen molar-refractivity contribution in [2.24, 2.45) is 35.5 Å². The molecule has 0 aromatic carbocycles. The van der Waals surface area contributed by atoms with Crippen LogP contribution in [-0.4, -0.2) is 0 Å². The third-order valence-corrected chi connectivity index (χ3v) is 7.02. The molecule has 0 saturated heterocycles. The van der Waals surface area contributed by atoms with E-state index in [1.54, 1.807) is 25.7 Å². The fourth-order valence-corrected chi connectivity index (χ4v) is 5.90. The van der Waals surface area contributed by atoms with Crippen molar-refractivity contribution in [3.63, 3.8) is 0 Å². The zero-order chi connectivity index (χ0) is 13.2. The molecule has 0 spiro atoms.